The first-order chi connectivity index (χ1) is 25.3. The second kappa shape index (κ2) is 11.8. The molecule has 1 aliphatic heterocycles. The minimum absolute atomic E-state index is 0.555. The van der Waals surface area contributed by atoms with Crippen molar-refractivity contribution < 1.29 is 4.74 Å². The molecule has 2 aromatic heterocycles. The zero-order valence-electron chi connectivity index (χ0n) is 27.5. The normalized spacial score (nSPS) is 13.0. The van der Waals surface area contributed by atoms with Crippen molar-refractivity contribution in [3.05, 3.63) is 182 Å². The molecule has 0 bridgehead atoms. The third kappa shape index (κ3) is 4.50. The predicted molar refractivity (Wildman–Crippen MR) is 209 cm³/mol. The van der Waals surface area contributed by atoms with Crippen LogP contribution in [0.5, 0.6) is 11.5 Å². The van der Waals surface area contributed by atoms with Crippen molar-refractivity contribution in [2.24, 2.45) is 0 Å². The van der Waals surface area contributed by atoms with E-state index in [2.05, 4.69) is 126 Å². The number of hydrogen-bond acceptors (Lipinski definition) is 4. The summed E-state index contributed by atoms with van der Waals surface area (Å²) < 4.78 is 9.27. The first kappa shape index (κ1) is 29.3. The Morgan fingerprint density at radius 2 is 0.961 bits per heavy atom. The lowest BCUT2D eigenvalue weighted by Gasteiger charge is -2.39. The Kier molecular flexibility index (Phi) is 6.75. The molecule has 0 unspecified atom stereocenters. The van der Waals surface area contributed by atoms with Crippen molar-refractivity contribution in [2.75, 3.05) is 0 Å². The molecule has 10 rings (SSSR count). The van der Waals surface area contributed by atoms with Gasteiger partial charge in [0.2, 0.25) is 5.95 Å². The Hall–Kier alpha value is -6.63. The summed E-state index contributed by atoms with van der Waals surface area (Å²) in [4.78, 5) is 15.3. The van der Waals surface area contributed by atoms with Gasteiger partial charge in [-0.3, -0.25) is 4.57 Å². The zero-order chi connectivity index (χ0) is 33.8. The molecule has 0 saturated heterocycles. The molecule has 7 aromatic carbocycles. The lowest BCUT2D eigenvalue weighted by atomic mass is 10.1. The number of fused-ring (bicyclic) bond motifs is 6. The average Bonchev–Trinajstić information content (AvgIpc) is 3.56. The lowest BCUT2D eigenvalue weighted by molar-refractivity contribution is 0.493. The zero-order valence-corrected chi connectivity index (χ0v) is 28.5. The summed E-state index contributed by atoms with van der Waals surface area (Å²) in [5, 5.41) is 7.22. The number of hydrogen-bond donors (Lipinski definition) is 0. The van der Waals surface area contributed by atoms with Crippen molar-refractivity contribution in [3.63, 3.8) is 0 Å². The quantitative estimate of drug-likeness (QED) is 0.176. The van der Waals surface area contributed by atoms with Gasteiger partial charge in [-0.15, -0.1) is 0 Å². The molecular weight excluding hydrogens is 641 g/mol. The van der Waals surface area contributed by atoms with Gasteiger partial charge in [0.1, 0.15) is 11.5 Å². The smallest absolute Gasteiger partial charge is 0.238 e. The fourth-order valence-corrected chi connectivity index (χ4v) is 12.8. The van der Waals surface area contributed by atoms with Crippen LogP contribution in [0.1, 0.15) is 0 Å². The van der Waals surface area contributed by atoms with Crippen LogP contribution < -0.4 is 25.5 Å². The molecule has 0 radical (unpaired) electrons. The number of ether oxygens (including phenoxy) is 1. The molecule has 1 aliphatic rings. The fraction of sp³-hybridized carbons (Fsp3) is 0. The summed E-state index contributed by atoms with van der Waals surface area (Å²) in [5.41, 5.74) is 3.83. The van der Waals surface area contributed by atoms with Crippen molar-refractivity contribution in [1.29, 1.82) is 0 Å². The number of aromatic nitrogens is 4. The van der Waals surface area contributed by atoms with Gasteiger partial charge in [0.05, 0.1) is 16.4 Å². The van der Waals surface area contributed by atoms with E-state index in [1.54, 1.807) is 0 Å². The topological polar surface area (TPSA) is 52.8 Å². The van der Waals surface area contributed by atoms with Gasteiger partial charge in [0.15, 0.2) is 19.7 Å². The van der Waals surface area contributed by atoms with E-state index in [1.165, 1.54) is 20.7 Å². The Morgan fingerprint density at radius 1 is 0.431 bits per heavy atom. The SMILES string of the molecule is c1ccc(-c2nc(-c3ccccc3)nc(-n3c4ccccc4c4c5c(ccc43)[Si](c3ccccc3)(c3ccccc3)c3ccccc3O5)n2)cc1. The van der Waals surface area contributed by atoms with E-state index in [-0.39, 0.29) is 0 Å². The van der Waals surface area contributed by atoms with Crippen LogP contribution in [-0.2, 0) is 0 Å². The van der Waals surface area contributed by atoms with Gasteiger partial charge in [-0.1, -0.05) is 164 Å². The highest BCUT2D eigenvalue weighted by Gasteiger charge is 2.48. The Morgan fingerprint density at radius 3 is 1.59 bits per heavy atom. The maximum atomic E-state index is 7.10. The van der Waals surface area contributed by atoms with E-state index in [0.717, 1.165) is 44.4 Å². The monoisotopic (exact) mass is 670 g/mol. The van der Waals surface area contributed by atoms with Crippen molar-refractivity contribution >= 4 is 50.6 Å². The van der Waals surface area contributed by atoms with Crippen molar-refractivity contribution in [1.82, 2.24) is 19.5 Å². The molecule has 240 valence electrons. The summed E-state index contributed by atoms with van der Waals surface area (Å²) in [6, 6.07) is 63.9. The summed E-state index contributed by atoms with van der Waals surface area (Å²) in [7, 11) is -2.83. The van der Waals surface area contributed by atoms with E-state index in [4.69, 9.17) is 19.7 Å². The molecule has 0 spiro atoms. The summed E-state index contributed by atoms with van der Waals surface area (Å²) in [6.45, 7) is 0. The van der Waals surface area contributed by atoms with Crippen LogP contribution in [0.25, 0.3) is 50.5 Å². The average molecular weight is 671 g/mol. The first-order valence-corrected chi connectivity index (χ1v) is 19.1. The highest BCUT2D eigenvalue weighted by molar-refractivity contribution is 7.20. The van der Waals surface area contributed by atoms with E-state index in [0.29, 0.717) is 17.6 Å². The molecule has 6 heteroatoms. The van der Waals surface area contributed by atoms with Gasteiger partial charge < -0.3 is 4.74 Å². The maximum absolute atomic E-state index is 7.10. The van der Waals surface area contributed by atoms with Gasteiger partial charge in [-0.25, -0.2) is 4.98 Å². The van der Waals surface area contributed by atoms with Crippen LogP contribution in [0.3, 0.4) is 0 Å². The van der Waals surface area contributed by atoms with Crippen LogP contribution in [-0.4, -0.2) is 27.6 Å². The van der Waals surface area contributed by atoms with Gasteiger partial charge in [-0.2, -0.15) is 9.97 Å². The Bertz CT molecular complexity index is 2620. The van der Waals surface area contributed by atoms with Crippen LogP contribution in [0.4, 0.5) is 0 Å². The van der Waals surface area contributed by atoms with E-state index in [9.17, 15) is 0 Å². The third-order valence-electron chi connectivity index (χ3n) is 10.00. The molecule has 5 nitrogen and oxygen atoms in total. The Balaban J connectivity index is 1.31. The largest absolute Gasteiger partial charge is 0.457 e. The molecule has 0 atom stereocenters. The van der Waals surface area contributed by atoms with Gasteiger partial charge in [-0.05, 0) is 38.9 Å². The van der Waals surface area contributed by atoms with Crippen LogP contribution >= 0.6 is 0 Å². The van der Waals surface area contributed by atoms with E-state index >= 15 is 0 Å². The molecule has 0 amide bonds. The van der Waals surface area contributed by atoms with Gasteiger partial charge >= 0.3 is 0 Å². The molecule has 9 aromatic rings. The fourth-order valence-electron chi connectivity index (χ4n) is 7.83. The highest BCUT2D eigenvalue weighted by Crippen LogP contribution is 2.41. The maximum Gasteiger partial charge on any atom is 0.238 e. The summed E-state index contributed by atoms with van der Waals surface area (Å²) in [5.74, 6) is 3.58. The third-order valence-corrected chi connectivity index (χ3v) is 14.8. The second-order valence-electron chi connectivity index (χ2n) is 12.8. The first-order valence-electron chi connectivity index (χ1n) is 17.1. The van der Waals surface area contributed by atoms with Gasteiger partial charge in [0, 0.05) is 16.5 Å². The summed E-state index contributed by atoms with van der Waals surface area (Å²) >= 11 is 0. The van der Waals surface area contributed by atoms with Crippen LogP contribution in [0.2, 0.25) is 0 Å². The van der Waals surface area contributed by atoms with Crippen molar-refractivity contribution in [2.45, 2.75) is 0 Å². The molecule has 0 saturated carbocycles. The van der Waals surface area contributed by atoms with Crippen LogP contribution in [0, 0.1) is 0 Å². The van der Waals surface area contributed by atoms with Crippen LogP contribution in [0.15, 0.2) is 182 Å². The van der Waals surface area contributed by atoms with E-state index < -0.39 is 8.07 Å². The standard InChI is InChI=1S/C45H30N4OSi/c1-5-17-31(18-6-1)43-46-44(32-19-7-2-8-20-32)48-45(47-43)49-36-26-14-13-25-35(36)41-37(49)29-30-40-42(41)50-38-27-15-16-28-39(38)51(40,33-21-9-3-10-22-33)34-23-11-4-12-24-34/h1-30H. The number of benzene rings is 7. The number of para-hydroxylation sites is 2. The highest BCUT2D eigenvalue weighted by atomic mass is 28.3. The Labute approximate surface area is 296 Å². The molecule has 0 fully saturated rings. The minimum Gasteiger partial charge on any atom is -0.457 e. The molecule has 0 N–H and O–H groups in total. The lowest BCUT2D eigenvalue weighted by Crippen LogP contribution is -2.76. The second-order valence-corrected chi connectivity index (χ2v) is 16.5. The predicted octanol–water partition coefficient (Wildman–Crippen LogP) is 7.79. The molecule has 3 heterocycles. The minimum atomic E-state index is -2.83. The number of rotatable bonds is 5. The van der Waals surface area contributed by atoms with E-state index in [1.807, 2.05) is 60.7 Å². The number of nitrogens with zero attached hydrogens (tertiary/aromatic N) is 4. The molecule has 51 heavy (non-hydrogen) atoms. The molecule has 0 aliphatic carbocycles. The van der Waals surface area contributed by atoms with Gasteiger partial charge in [0.25, 0.3) is 0 Å². The summed E-state index contributed by atoms with van der Waals surface area (Å²) in [6.07, 6.45) is 0. The molecular formula is C45H30N4OSi. The van der Waals surface area contributed by atoms with Crippen molar-refractivity contribution in [3.8, 4) is 40.2 Å².